The number of piperidine rings is 1. The number of carbonyl (C=O) groups excluding carboxylic acids is 1. The van der Waals surface area contributed by atoms with Gasteiger partial charge in [-0.2, -0.15) is 4.31 Å². The number of fused-ring (bicyclic) bond motifs is 1. The summed E-state index contributed by atoms with van der Waals surface area (Å²) >= 11 is 0. The van der Waals surface area contributed by atoms with Crippen LogP contribution in [0.5, 0.6) is 5.75 Å². The van der Waals surface area contributed by atoms with Gasteiger partial charge in [0.05, 0.1) is 6.61 Å². The topological polar surface area (TPSA) is 76.2 Å². The molecule has 0 aromatic heterocycles. The van der Waals surface area contributed by atoms with Crippen molar-refractivity contribution in [3.8, 4) is 5.75 Å². The summed E-state index contributed by atoms with van der Waals surface area (Å²) < 4.78 is 39.4. The lowest BCUT2D eigenvalue weighted by Gasteiger charge is -2.45. The first-order valence-corrected chi connectivity index (χ1v) is 12.0. The average Bonchev–Trinajstić information content (AvgIpc) is 2.76. The van der Waals surface area contributed by atoms with E-state index in [0.717, 1.165) is 25.7 Å². The second kappa shape index (κ2) is 8.24. The van der Waals surface area contributed by atoms with Crippen molar-refractivity contribution in [3.63, 3.8) is 0 Å². The Labute approximate surface area is 173 Å². The molecule has 29 heavy (non-hydrogen) atoms. The van der Waals surface area contributed by atoms with Crippen molar-refractivity contribution in [3.05, 3.63) is 24.3 Å². The monoisotopic (exact) mass is 422 g/mol. The van der Waals surface area contributed by atoms with Crippen molar-refractivity contribution in [1.82, 2.24) is 9.21 Å². The molecule has 3 aliphatic rings. The Kier molecular flexibility index (Phi) is 5.86. The van der Waals surface area contributed by atoms with Gasteiger partial charge >= 0.3 is 0 Å². The predicted octanol–water partition coefficient (Wildman–Crippen LogP) is 2.12. The minimum absolute atomic E-state index is 0.0609. The van der Waals surface area contributed by atoms with Gasteiger partial charge in [0.15, 0.2) is 0 Å². The Hall–Kier alpha value is -1.64. The lowest BCUT2D eigenvalue weighted by Crippen LogP contribution is -2.53. The molecule has 160 valence electrons. The van der Waals surface area contributed by atoms with Crippen molar-refractivity contribution < 1.29 is 22.7 Å². The van der Waals surface area contributed by atoms with E-state index in [0.29, 0.717) is 51.7 Å². The number of hydrogen-bond donors (Lipinski definition) is 0. The molecule has 0 bridgehead atoms. The average molecular weight is 423 g/mol. The van der Waals surface area contributed by atoms with Gasteiger partial charge in [-0.3, -0.25) is 4.79 Å². The number of sulfonamides is 1. The lowest BCUT2D eigenvalue weighted by atomic mass is 9.78. The van der Waals surface area contributed by atoms with Crippen LogP contribution in [0.25, 0.3) is 0 Å². The first-order chi connectivity index (χ1) is 14.0. The third-order valence-corrected chi connectivity index (χ3v) is 8.53. The lowest BCUT2D eigenvalue weighted by molar-refractivity contribution is -0.141. The molecule has 1 spiro atoms. The van der Waals surface area contributed by atoms with E-state index in [1.165, 1.54) is 0 Å². The van der Waals surface area contributed by atoms with Crippen LogP contribution in [-0.2, 0) is 19.6 Å². The maximum Gasteiger partial charge on any atom is 0.246 e. The Morgan fingerprint density at radius 1 is 1.17 bits per heavy atom. The van der Waals surface area contributed by atoms with Crippen LogP contribution in [-0.4, -0.2) is 69.5 Å². The second-order valence-corrected chi connectivity index (χ2v) is 10.3. The van der Waals surface area contributed by atoms with Crippen molar-refractivity contribution in [1.29, 1.82) is 0 Å². The van der Waals surface area contributed by atoms with Gasteiger partial charge in [0, 0.05) is 50.7 Å². The third kappa shape index (κ3) is 4.02. The van der Waals surface area contributed by atoms with Crippen molar-refractivity contribution in [2.24, 2.45) is 11.3 Å². The summed E-state index contributed by atoms with van der Waals surface area (Å²) in [4.78, 5) is 15.1. The van der Waals surface area contributed by atoms with Gasteiger partial charge in [-0.1, -0.05) is 19.1 Å². The number of carbonyl (C=O) groups is 1. The van der Waals surface area contributed by atoms with E-state index < -0.39 is 10.0 Å². The van der Waals surface area contributed by atoms with Crippen molar-refractivity contribution in [2.45, 2.75) is 37.5 Å². The molecule has 0 N–H and O–H groups in total. The second-order valence-electron chi connectivity index (χ2n) is 8.38. The number of rotatable bonds is 2. The predicted molar refractivity (Wildman–Crippen MR) is 108 cm³/mol. The molecule has 0 unspecified atom stereocenters. The number of para-hydroxylation sites is 1. The van der Waals surface area contributed by atoms with Gasteiger partial charge in [0.25, 0.3) is 0 Å². The number of likely N-dealkylation sites (tertiary alicyclic amines) is 1. The van der Waals surface area contributed by atoms with Crippen LogP contribution in [0.15, 0.2) is 29.2 Å². The van der Waals surface area contributed by atoms with E-state index in [-0.39, 0.29) is 22.1 Å². The first kappa shape index (κ1) is 20.6. The van der Waals surface area contributed by atoms with E-state index in [4.69, 9.17) is 9.47 Å². The van der Waals surface area contributed by atoms with Gasteiger partial charge in [-0.25, -0.2) is 8.42 Å². The van der Waals surface area contributed by atoms with E-state index in [1.54, 1.807) is 28.6 Å². The number of benzene rings is 1. The highest BCUT2D eigenvalue weighted by Gasteiger charge is 2.43. The van der Waals surface area contributed by atoms with Gasteiger partial charge in [-0.15, -0.1) is 0 Å². The fourth-order valence-corrected chi connectivity index (χ4v) is 6.34. The summed E-state index contributed by atoms with van der Waals surface area (Å²) in [6.07, 6.45) is 3.08. The largest absolute Gasteiger partial charge is 0.492 e. The molecule has 8 heteroatoms. The molecule has 4 rings (SSSR count). The zero-order chi connectivity index (χ0) is 20.5. The molecule has 3 aliphatic heterocycles. The van der Waals surface area contributed by atoms with Gasteiger partial charge in [0.1, 0.15) is 10.6 Å². The van der Waals surface area contributed by atoms with Crippen LogP contribution in [0.3, 0.4) is 0 Å². The molecule has 1 amide bonds. The molecule has 2 saturated heterocycles. The summed E-state index contributed by atoms with van der Waals surface area (Å²) in [5, 5.41) is 0. The quantitative estimate of drug-likeness (QED) is 0.730. The summed E-state index contributed by atoms with van der Waals surface area (Å²) in [7, 11) is -3.60. The number of amides is 1. The Morgan fingerprint density at radius 2 is 1.86 bits per heavy atom. The molecular weight excluding hydrogens is 392 g/mol. The fourth-order valence-electron chi connectivity index (χ4n) is 4.65. The van der Waals surface area contributed by atoms with E-state index in [9.17, 15) is 13.2 Å². The molecular formula is C21H30N2O5S. The zero-order valence-electron chi connectivity index (χ0n) is 17.0. The zero-order valence-corrected chi connectivity index (χ0v) is 17.8. The van der Waals surface area contributed by atoms with Crippen LogP contribution in [0.1, 0.15) is 32.6 Å². The van der Waals surface area contributed by atoms with E-state index in [1.807, 2.05) is 11.8 Å². The maximum atomic E-state index is 13.2. The SMILES string of the molecule is CCN1CC2(CCN(C(=O)C3CCOCC3)CC2)COc2ccccc2S1(=O)=O. The third-order valence-electron chi connectivity index (χ3n) is 6.57. The highest BCUT2D eigenvalue weighted by Crippen LogP contribution is 2.39. The molecule has 0 radical (unpaired) electrons. The molecule has 1 aromatic rings. The van der Waals surface area contributed by atoms with Gasteiger partial charge in [0.2, 0.25) is 15.9 Å². The molecule has 2 fully saturated rings. The van der Waals surface area contributed by atoms with Gasteiger partial charge < -0.3 is 14.4 Å². The minimum Gasteiger partial charge on any atom is -0.492 e. The highest BCUT2D eigenvalue weighted by molar-refractivity contribution is 7.89. The highest BCUT2D eigenvalue weighted by atomic mass is 32.2. The van der Waals surface area contributed by atoms with Crippen molar-refractivity contribution in [2.75, 3.05) is 46.0 Å². The Balaban J connectivity index is 1.51. The standard InChI is InChI=1S/C21H30N2O5S/c1-2-23-15-21(16-28-18-5-3-4-6-19(18)29(23,25)26)9-11-22(12-10-21)20(24)17-7-13-27-14-8-17/h3-6,17H,2,7-16H2,1H3. The molecule has 1 aromatic carbocycles. The number of ether oxygens (including phenoxy) is 2. The van der Waals surface area contributed by atoms with E-state index >= 15 is 0 Å². The fraction of sp³-hybridized carbons (Fsp3) is 0.667. The molecule has 0 aliphatic carbocycles. The summed E-state index contributed by atoms with van der Waals surface area (Å²) in [5.41, 5.74) is -0.275. The molecule has 3 heterocycles. The van der Waals surface area contributed by atoms with Crippen LogP contribution in [0.4, 0.5) is 0 Å². The summed E-state index contributed by atoms with van der Waals surface area (Å²) in [6, 6.07) is 6.86. The summed E-state index contributed by atoms with van der Waals surface area (Å²) in [5.74, 6) is 0.705. The van der Waals surface area contributed by atoms with Crippen LogP contribution in [0, 0.1) is 11.3 Å². The smallest absolute Gasteiger partial charge is 0.246 e. The van der Waals surface area contributed by atoms with E-state index in [2.05, 4.69) is 0 Å². The van der Waals surface area contributed by atoms with Crippen LogP contribution in [0.2, 0.25) is 0 Å². The van der Waals surface area contributed by atoms with Crippen molar-refractivity contribution >= 4 is 15.9 Å². The van der Waals surface area contributed by atoms with Crippen LogP contribution < -0.4 is 4.74 Å². The van der Waals surface area contributed by atoms with Gasteiger partial charge in [-0.05, 0) is 37.8 Å². The molecule has 7 nitrogen and oxygen atoms in total. The maximum absolute atomic E-state index is 13.2. The Morgan fingerprint density at radius 3 is 2.55 bits per heavy atom. The molecule has 0 atom stereocenters. The normalized spacial score (nSPS) is 24.9. The molecule has 0 saturated carbocycles. The number of hydrogen-bond acceptors (Lipinski definition) is 5. The van der Waals surface area contributed by atoms with Crippen LogP contribution >= 0.6 is 0 Å². The first-order valence-electron chi connectivity index (χ1n) is 10.5. The minimum atomic E-state index is -3.60. The summed E-state index contributed by atoms with van der Waals surface area (Å²) in [6.45, 7) is 5.81. The number of nitrogens with zero attached hydrogens (tertiary/aromatic N) is 2. The Bertz CT molecular complexity index is 842.